The van der Waals surface area contributed by atoms with E-state index in [1.807, 2.05) is 23.3 Å². The summed E-state index contributed by atoms with van der Waals surface area (Å²) < 4.78 is 0. The second kappa shape index (κ2) is 6.25. The lowest BCUT2D eigenvalue weighted by molar-refractivity contribution is 0.0266. The van der Waals surface area contributed by atoms with E-state index in [0.29, 0.717) is 32.0 Å². The summed E-state index contributed by atoms with van der Waals surface area (Å²) in [7, 11) is 1.74. The highest BCUT2D eigenvalue weighted by Crippen LogP contribution is 2.26. The summed E-state index contributed by atoms with van der Waals surface area (Å²) in [4.78, 5) is 25.2. The van der Waals surface area contributed by atoms with Crippen molar-refractivity contribution in [3.8, 4) is 0 Å². The molecule has 6 nitrogen and oxygen atoms in total. The topological polar surface area (TPSA) is 69.6 Å². The Morgan fingerprint density at radius 2 is 2.22 bits per heavy atom. The molecule has 0 saturated carbocycles. The van der Waals surface area contributed by atoms with Gasteiger partial charge >= 0.3 is 0 Å². The van der Waals surface area contributed by atoms with Crippen LogP contribution in [-0.2, 0) is 0 Å². The molecule has 7 heteroatoms. The van der Waals surface area contributed by atoms with Crippen LogP contribution in [0.1, 0.15) is 21.7 Å². The van der Waals surface area contributed by atoms with Crippen molar-refractivity contribution in [3.63, 3.8) is 0 Å². The first-order chi connectivity index (χ1) is 11.0. The summed E-state index contributed by atoms with van der Waals surface area (Å²) in [5.74, 6) is 0.576. The number of amides is 1. The first kappa shape index (κ1) is 15.9. The van der Waals surface area contributed by atoms with Gasteiger partial charge in [0.2, 0.25) is 5.95 Å². The minimum absolute atomic E-state index is 0.0414. The van der Waals surface area contributed by atoms with Crippen LogP contribution in [0, 0.1) is 6.92 Å². The van der Waals surface area contributed by atoms with Crippen LogP contribution in [-0.4, -0.2) is 58.2 Å². The highest BCUT2D eigenvalue weighted by atomic mass is 32.1. The summed E-state index contributed by atoms with van der Waals surface area (Å²) in [5, 5.41) is 12.7. The number of carbonyl (C=O) groups is 1. The molecule has 3 heterocycles. The number of hydrogen-bond acceptors (Lipinski definition) is 6. The summed E-state index contributed by atoms with van der Waals surface area (Å²) in [6, 6.07) is 3.70. The summed E-state index contributed by atoms with van der Waals surface area (Å²) in [5.41, 5.74) is 0.0407. The van der Waals surface area contributed by atoms with Gasteiger partial charge in [-0.15, -0.1) is 11.3 Å². The Balaban J connectivity index is 1.66. The van der Waals surface area contributed by atoms with E-state index in [9.17, 15) is 9.90 Å². The van der Waals surface area contributed by atoms with E-state index in [0.717, 1.165) is 10.4 Å². The molecular formula is C16H20N4O2S. The molecule has 122 valence electrons. The molecule has 1 saturated heterocycles. The zero-order valence-electron chi connectivity index (χ0n) is 13.3. The van der Waals surface area contributed by atoms with Crippen LogP contribution < -0.4 is 4.90 Å². The van der Waals surface area contributed by atoms with Gasteiger partial charge in [-0.25, -0.2) is 9.97 Å². The summed E-state index contributed by atoms with van der Waals surface area (Å²) in [6.07, 6.45) is 3.97. The van der Waals surface area contributed by atoms with E-state index in [2.05, 4.69) is 9.97 Å². The van der Waals surface area contributed by atoms with Crippen molar-refractivity contribution in [1.29, 1.82) is 0 Å². The number of anilines is 1. The van der Waals surface area contributed by atoms with Gasteiger partial charge in [0.05, 0.1) is 18.0 Å². The number of likely N-dealkylation sites (N-methyl/N-ethyl adjacent to an activating group) is 1. The van der Waals surface area contributed by atoms with E-state index >= 15 is 0 Å². The van der Waals surface area contributed by atoms with Gasteiger partial charge in [-0.05, 0) is 36.4 Å². The maximum atomic E-state index is 12.5. The Morgan fingerprint density at radius 3 is 2.87 bits per heavy atom. The van der Waals surface area contributed by atoms with Crippen LogP contribution in [0.3, 0.4) is 0 Å². The Bertz CT molecular complexity index is 690. The third-order valence-electron chi connectivity index (χ3n) is 4.10. The zero-order valence-corrected chi connectivity index (χ0v) is 14.1. The number of β-amino-alcohol motifs (C(OH)–C–C–N with tert-alkyl or cyclic N) is 1. The largest absolute Gasteiger partial charge is 0.386 e. The molecule has 1 atom stereocenters. The van der Waals surface area contributed by atoms with Gasteiger partial charge in [-0.3, -0.25) is 4.79 Å². The van der Waals surface area contributed by atoms with Gasteiger partial charge in [-0.2, -0.15) is 0 Å². The highest BCUT2D eigenvalue weighted by molar-refractivity contribution is 7.12. The Labute approximate surface area is 139 Å². The maximum absolute atomic E-state index is 12.5. The third-order valence-corrected chi connectivity index (χ3v) is 5.11. The number of hydrogen-bond donors (Lipinski definition) is 1. The van der Waals surface area contributed by atoms with Crippen LogP contribution >= 0.6 is 11.3 Å². The van der Waals surface area contributed by atoms with Gasteiger partial charge < -0.3 is 14.9 Å². The first-order valence-electron chi connectivity index (χ1n) is 7.52. The van der Waals surface area contributed by atoms with E-state index in [4.69, 9.17) is 0 Å². The van der Waals surface area contributed by atoms with Crippen molar-refractivity contribution < 1.29 is 9.90 Å². The van der Waals surface area contributed by atoms with E-state index < -0.39 is 5.60 Å². The standard InChI is InChI=1S/C16H20N4O2S/c1-12-4-9-23-13(12)14(21)19(2)10-16(22)5-8-20(11-16)15-17-6-3-7-18-15/h3-4,6-7,9,22H,5,8,10-11H2,1-2H3. The van der Waals surface area contributed by atoms with Gasteiger partial charge in [0.25, 0.3) is 5.91 Å². The minimum atomic E-state index is -0.936. The number of aromatic nitrogens is 2. The molecule has 0 spiro atoms. The lowest BCUT2D eigenvalue weighted by Crippen LogP contribution is -2.46. The predicted octanol–water partition coefficient (Wildman–Crippen LogP) is 1.56. The molecule has 1 aliphatic rings. The Hall–Kier alpha value is -1.99. The molecule has 3 rings (SSSR count). The van der Waals surface area contributed by atoms with Crippen LogP contribution in [0.5, 0.6) is 0 Å². The van der Waals surface area contributed by atoms with Crippen LogP contribution in [0.2, 0.25) is 0 Å². The second-order valence-corrected chi connectivity index (χ2v) is 6.95. The van der Waals surface area contributed by atoms with Crippen molar-refractivity contribution in [3.05, 3.63) is 40.3 Å². The maximum Gasteiger partial charge on any atom is 0.264 e. The summed E-state index contributed by atoms with van der Waals surface area (Å²) >= 11 is 1.44. The molecule has 0 bridgehead atoms. The lowest BCUT2D eigenvalue weighted by atomic mass is 10.0. The van der Waals surface area contributed by atoms with Gasteiger partial charge in [0.1, 0.15) is 5.60 Å². The number of rotatable bonds is 4. The molecule has 0 radical (unpaired) electrons. The molecule has 1 amide bonds. The molecule has 2 aromatic heterocycles. The average molecular weight is 332 g/mol. The van der Waals surface area contributed by atoms with Crippen molar-refractivity contribution in [2.24, 2.45) is 0 Å². The Kier molecular flexibility index (Phi) is 4.32. The molecular weight excluding hydrogens is 312 g/mol. The molecule has 0 aromatic carbocycles. The van der Waals surface area contributed by atoms with Crippen molar-refractivity contribution >= 4 is 23.2 Å². The number of carbonyl (C=O) groups excluding carboxylic acids is 1. The van der Waals surface area contributed by atoms with E-state index in [1.165, 1.54) is 11.3 Å². The van der Waals surface area contributed by atoms with Crippen LogP contribution in [0.25, 0.3) is 0 Å². The first-order valence-corrected chi connectivity index (χ1v) is 8.40. The number of aliphatic hydroxyl groups is 1. The van der Waals surface area contributed by atoms with Crippen LogP contribution in [0.15, 0.2) is 29.9 Å². The SMILES string of the molecule is Cc1ccsc1C(=O)N(C)CC1(O)CCN(c2ncccn2)C1. The predicted molar refractivity (Wildman–Crippen MR) is 89.8 cm³/mol. The molecule has 1 unspecified atom stereocenters. The van der Waals surface area contributed by atoms with E-state index in [1.54, 1.807) is 30.4 Å². The van der Waals surface area contributed by atoms with Gasteiger partial charge in [0.15, 0.2) is 0 Å². The number of nitrogens with zero attached hydrogens (tertiary/aromatic N) is 4. The molecule has 1 N–H and O–H groups in total. The van der Waals surface area contributed by atoms with Crippen molar-refractivity contribution in [2.75, 3.05) is 31.6 Å². The minimum Gasteiger partial charge on any atom is -0.386 e. The second-order valence-electron chi connectivity index (χ2n) is 6.04. The fourth-order valence-electron chi connectivity index (χ4n) is 2.89. The van der Waals surface area contributed by atoms with Gasteiger partial charge in [-0.1, -0.05) is 0 Å². The van der Waals surface area contributed by atoms with Crippen molar-refractivity contribution in [1.82, 2.24) is 14.9 Å². The summed E-state index contributed by atoms with van der Waals surface area (Å²) in [6.45, 7) is 3.33. The molecule has 0 aliphatic carbocycles. The smallest absolute Gasteiger partial charge is 0.264 e. The fourth-order valence-corrected chi connectivity index (χ4v) is 3.81. The molecule has 2 aromatic rings. The average Bonchev–Trinajstić information content (AvgIpc) is 3.13. The van der Waals surface area contributed by atoms with Crippen molar-refractivity contribution in [2.45, 2.75) is 18.9 Å². The Morgan fingerprint density at radius 1 is 1.48 bits per heavy atom. The monoisotopic (exact) mass is 332 g/mol. The third kappa shape index (κ3) is 3.35. The van der Waals surface area contributed by atoms with Crippen LogP contribution in [0.4, 0.5) is 5.95 Å². The quantitative estimate of drug-likeness (QED) is 0.920. The lowest BCUT2D eigenvalue weighted by Gasteiger charge is -2.28. The number of aryl methyl sites for hydroxylation is 1. The fraction of sp³-hybridized carbons (Fsp3) is 0.438. The molecule has 23 heavy (non-hydrogen) atoms. The normalized spacial score (nSPS) is 20.7. The van der Waals surface area contributed by atoms with Gasteiger partial charge in [0, 0.05) is 26.0 Å². The zero-order chi connectivity index (χ0) is 16.4. The van der Waals surface area contributed by atoms with E-state index in [-0.39, 0.29) is 5.91 Å². The highest BCUT2D eigenvalue weighted by Gasteiger charge is 2.39. The molecule has 1 aliphatic heterocycles. The number of thiophene rings is 1. The molecule has 1 fully saturated rings.